The van der Waals surface area contributed by atoms with Crippen LogP contribution in [0.2, 0.25) is 5.31 Å². The quantitative estimate of drug-likeness (QED) is 0.120. The van der Waals surface area contributed by atoms with Crippen molar-refractivity contribution in [3.8, 4) is 5.75 Å². The molecule has 1 aromatic rings. The third-order valence-corrected chi connectivity index (χ3v) is 9.45. The molecule has 1 heterocycles. The maximum Gasteiger partial charge on any atom is 0.222 e. The van der Waals surface area contributed by atoms with Gasteiger partial charge in [-0.2, -0.15) is 5.53 Å². The summed E-state index contributed by atoms with van der Waals surface area (Å²) in [6.45, 7) is 2.29. The van der Waals surface area contributed by atoms with Crippen LogP contribution in [0.5, 0.6) is 5.75 Å². The van der Waals surface area contributed by atoms with Crippen molar-refractivity contribution in [3.63, 3.8) is 0 Å². The molecule has 5 atom stereocenters. The van der Waals surface area contributed by atoms with Gasteiger partial charge < -0.3 is 15.4 Å². The highest BCUT2D eigenvalue weighted by Crippen LogP contribution is 2.67. The van der Waals surface area contributed by atoms with E-state index >= 15 is 0 Å². The Morgan fingerprint density at radius 1 is 1.26 bits per heavy atom. The van der Waals surface area contributed by atoms with Crippen molar-refractivity contribution >= 4 is 25.8 Å². The monoisotopic (exact) mass is 476 g/mol. The summed E-state index contributed by atoms with van der Waals surface area (Å²) in [5, 5.41) is 11.8. The Balaban J connectivity index is 1.06. The smallest absolute Gasteiger partial charge is 0.222 e. The zero-order valence-corrected chi connectivity index (χ0v) is 20.7. The fourth-order valence-electron chi connectivity index (χ4n) is 6.99. The first kappa shape index (κ1) is 24.0. The molecular weight excluding hydrogens is 439 g/mol. The third kappa shape index (κ3) is 4.62. The first-order valence-corrected chi connectivity index (χ1v) is 13.0. The molecule has 1 amide bonds. The van der Waals surface area contributed by atoms with Gasteiger partial charge in [0.25, 0.3) is 0 Å². The van der Waals surface area contributed by atoms with E-state index in [0.717, 1.165) is 63.2 Å². The Bertz CT molecular complexity index is 986. The van der Waals surface area contributed by atoms with Crippen LogP contribution < -0.4 is 15.5 Å². The van der Waals surface area contributed by atoms with E-state index in [-0.39, 0.29) is 10.9 Å². The summed E-state index contributed by atoms with van der Waals surface area (Å²) < 4.78 is 5.95. The van der Waals surface area contributed by atoms with Crippen molar-refractivity contribution in [2.24, 2.45) is 34.6 Å². The normalized spacial score (nSPS) is 33.5. The van der Waals surface area contributed by atoms with E-state index in [0.29, 0.717) is 36.0 Å². The largest absolute Gasteiger partial charge is 0.494 e. The summed E-state index contributed by atoms with van der Waals surface area (Å²) in [5.41, 5.74) is 14.3. The molecule has 1 saturated heterocycles. The van der Waals surface area contributed by atoms with Gasteiger partial charge in [0.1, 0.15) is 19.9 Å². The van der Waals surface area contributed by atoms with Gasteiger partial charge in [-0.1, -0.05) is 17.4 Å². The van der Waals surface area contributed by atoms with Gasteiger partial charge in [0.15, 0.2) is 0 Å². The SMILES string of the molecule is BC1(C2CCN(C(=O)CC3CC4C=CC3C4)CC2)CC1(N)CCOc1ccc(N(C=N)N=N)cc1. The molecule has 35 heavy (non-hydrogen) atoms. The Kier molecular flexibility index (Phi) is 6.46. The number of amides is 1. The lowest BCUT2D eigenvalue weighted by Crippen LogP contribution is -2.42. The van der Waals surface area contributed by atoms with Gasteiger partial charge in [-0.05, 0) is 91.8 Å². The molecule has 0 spiro atoms. The summed E-state index contributed by atoms with van der Waals surface area (Å²) in [6.07, 6.45) is 12.8. The van der Waals surface area contributed by atoms with Gasteiger partial charge in [-0.15, -0.1) is 0 Å². The molecule has 2 bridgehead atoms. The number of rotatable bonds is 10. The van der Waals surface area contributed by atoms with E-state index in [4.69, 9.17) is 21.4 Å². The number of hydrogen-bond donors (Lipinski definition) is 3. The summed E-state index contributed by atoms with van der Waals surface area (Å²) in [5.74, 6) is 3.58. The van der Waals surface area contributed by atoms with Crippen molar-refractivity contribution in [2.45, 2.75) is 55.8 Å². The van der Waals surface area contributed by atoms with Gasteiger partial charge in [0.2, 0.25) is 5.91 Å². The number of carbonyl (C=O) groups is 1. The zero-order chi connectivity index (χ0) is 24.6. The van der Waals surface area contributed by atoms with Crippen LogP contribution in [-0.2, 0) is 4.79 Å². The van der Waals surface area contributed by atoms with Crippen molar-refractivity contribution in [1.29, 1.82) is 10.9 Å². The number of benzene rings is 1. The second-order valence-electron chi connectivity index (χ2n) is 11.3. The summed E-state index contributed by atoms with van der Waals surface area (Å²) >= 11 is 0. The summed E-state index contributed by atoms with van der Waals surface area (Å²) in [7, 11) is 2.32. The number of ether oxygens (including phenoxy) is 1. The number of nitrogens with zero attached hydrogens (tertiary/aromatic N) is 3. The molecule has 1 aromatic carbocycles. The Morgan fingerprint density at radius 2 is 2.00 bits per heavy atom. The zero-order valence-electron chi connectivity index (χ0n) is 20.7. The van der Waals surface area contributed by atoms with Crippen molar-refractivity contribution < 1.29 is 9.53 Å². The standard InChI is InChI=1S/C26H37BN6O2/c27-26(16-25(26,29)9-12-35-23-5-3-22(4-6-23)33(17-28)31-30)21-7-10-32(11-8-21)24(34)15-20-14-18-1-2-19(20)13-18/h1-6,17-21,28,30H,7-16,27,29H2. The van der Waals surface area contributed by atoms with E-state index in [2.05, 4.69) is 30.1 Å². The lowest BCUT2D eigenvalue weighted by atomic mass is 9.65. The van der Waals surface area contributed by atoms with Crippen LogP contribution >= 0.6 is 0 Å². The molecule has 0 radical (unpaired) electrons. The van der Waals surface area contributed by atoms with Crippen LogP contribution in [0.3, 0.4) is 0 Å². The first-order chi connectivity index (χ1) is 16.8. The Labute approximate surface area is 208 Å². The van der Waals surface area contributed by atoms with E-state index in [1.165, 1.54) is 17.9 Å². The number of piperidine rings is 1. The summed E-state index contributed by atoms with van der Waals surface area (Å²) in [6, 6.07) is 7.21. The number of hydrogen-bond acceptors (Lipinski definition) is 6. The maximum atomic E-state index is 12.9. The van der Waals surface area contributed by atoms with Gasteiger partial charge in [0.05, 0.1) is 12.3 Å². The minimum absolute atomic E-state index is 0.116. The Hall–Kier alpha value is -2.68. The minimum atomic E-state index is -0.208. The van der Waals surface area contributed by atoms with Crippen LogP contribution in [0.25, 0.3) is 0 Å². The van der Waals surface area contributed by atoms with Crippen molar-refractivity contribution in [2.75, 3.05) is 24.7 Å². The van der Waals surface area contributed by atoms with Gasteiger partial charge >= 0.3 is 0 Å². The van der Waals surface area contributed by atoms with Crippen molar-refractivity contribution in [3.05, 3.63) is 36.4 Å². The summed E-state index contributed by atoms with van der Waals surface area (Å²) in [4.78, 5) is 15.0. The third-order valence-electron chi connectivity index (χ3n) is 9.45. The second kappa shape index (κ2) is 9.41. The van der Waals surface area contributed by atoms with Gasteiger partial charge in [-0.3, -0.25) is 10.2 Å². The van der Waals surface area contributed by atoms with E-state index in [1.54, 1.807) is 12.1 Å². The number of allylic oxidation sites excluding steroid dienone is 2. The predicted molar refractivity (Wildman–Crippen MR) is 139 cm³/mol. The predicted octanol–water partition coefficient (Wildman–Crippen LogP) is 3.55. The average molecular weight is 476 g/mol. The van der Waals surface area contributed by atoms with E-state index in [9.17, 15) is 4.79 Å². The molecule has 3 aliphatic carbocycles. The van der Waals surface area contributed by atoms with E-state index < -0.39 is 0 Å². The van der Waals surface area contributed by atoms with Crippen LogP contribution in [0.4, 0.5) is 5.69 Å². The molecule has 2 saturated carbocycles. The molecular formula is C26H37BN6O2. The number of anilines is 1. The number of nitrogens with one attached hydrogen (secondary N) is 2. The molecule has 186 valence electrons. The maximum absolute atomic E-state index is 12.9. The van der Waals surface area contributed by atoms with E-state index in [1.807, 2.05) is 12.1 Å². The molecule has 5 unspecified atom stereocenters. The number of nitrogens with two attached hydrogens (primary N) is 1. The molecule has 8 nitrogen and oxygen atoms in total. The fourth-order valence-corrected chi connectivity index (χ4v) is 6.99. The first-order valence-electron chi connectivity index (χ1n) is 13.0. The number of carbonyl (C=O) groups excluding carboxylic acids is 1. The molecule has 4 aliphatic rings. The van der Waals surface area contributed by atoms with Crippen LogP contribution in [0.15, 0.2) is 41.6 Å². The molecule has 0 aromatic heterocycles. The van der Waals surface area contributed by atoms with Crippen LogP contribution in [-0.4, -0.2) is 50.2 Å². The Morgan fingerprint density at radius 3 is 2.60 bits per heavy atom. The molecule has 1 aliphatic heterocycles. The molecule has 9 heteroatoms. The van der Waals surface area contributed by atoms with Gasteiger partial charge in [-0.25, -0.2) is 5.01 Å². The number of fused-ring (bicyclic) bond motifs is 2. The lowest BCUT2D eigenvalue weighted by Gasteiger charge is -2.37. The molecule has 4 N–H and O–H groups in total. The lowest BCUT2D eigenvalue weighted by molar-refractivity contribution is -0.133. The highest BCUT2D eigenvalue weighted by Gasteiger charge is 2.64. The average Bonchev–Trinajstić information content (AvgIpc) is 3.19. The van der Waals surface area contributed by atoms with Crippen LogP contribution in [0, 0.1) is 34.6 Å². The second-order valence-corrected chi connectivity index (χ2v) is 11.3. The highest BCUT2D eigenvalue weighted by atomic mass is 16.5. The fraction of sp³-hybridized carbons (Fsp3) is 0.615. The van der Waals surface area contributed by atoms with Crippen LogP contribution in [0.1, 0.15) is 44.9 Å². The number of likely N-dealkylation sites (tertiary alicyclic amines) is 1. The molecule has 3 fully saturated rings. The minimum Gasteiger partial charge on any atom is -0.494 e. The van der Waals surface area contributed by atoms with Crippen molar-refractivity contribution in [1.82, 2.24) is 4.90 Å². The topological polar surface area (TPSA) is 119 Å². The highest BCUT2D eigenvalue weighted by molar-refractivity contribution is 6.19. The molecule has 5 rings (SSSR count). The van der Waals surface area contributed by atoms with Gasteiger partial charge in [0, 0.05) is 25.0 Å².